The van der Waals surface area contributed by atoms with Crippen molar-refractivity contribution in [2.24, 2.45) is 0 Å². The van der Waals surface area contributed by atoms with Crippen molar-refractivity contribution < 1.29 is 9.59 Å². The molecule has 1 aliphatic carbocycles. The third-order valence-electron chi connectivity index (χ3n) is 2.54. The van der Waals surface area contributed by atoms with Gasteiger partial charge in [-0.15, -0.1) is 0 Å². The maximum Gasteiger partial charge on any atom is 0.217 e. The van der Waals surface area contributed by atoms with Crippen LogP contribution in [0.1, 0.15) is 39.5 Å². The molecule has 80 valence electrons. The molecular formula is C10H18N2O2. The van der Waals surface area contributed by atoms with Gasteiger partial charge in [0, 0.05) is 25.9 Å². The number of carbonyl (C=O) groups is 2. The van der Waals surface area contributed by atoms with Gasteiger partial charge >= 0.3 is 0 Å². The van der Waals surface area contributed by atoms with E-state index in [-0.39, 0.29) is 23.9 Å². The fourth-order valence-corrected chi connectivity index (χ4v) is 2.00. The summed E-state index contributed by atoms with van der Waals surface area (Å²) in [5.74, 6) is -0.0421. The second kappa shape index (κ2) is 4.98. The highest BCUT2D eigenvalue weighted by atomic mass is 16.2. The van der Waals surface area contributed by atoms with E-state index in [2.05, 4.69) is 10.6 Å². The van der Waals surface area contributed by atoms with Gasteiger partial charge in [-0.1, -0.05) is 12.8 Å². The van der Waals surface area contributed by atoms with Crippen molar-refractivity contribution in [3.8, 4) is 0 Å². The molecule has 1 rings (SSSR count). The van der Waals surface area contributed by atoms with Gasteiger partial charge in [0.05, 0.1) is 0 Å². The zero-order valence-corrected chi connectivity index (χ0v) is 8.80. The van der Waals surface area contributed by atoms with Crippen molar-refractivity contribution in [1.29, 1.82) is 0 Å². The van der Waals surface area contributed by atoms with Crippen LogP contribution in [0.25, 0.3) is 0 Å². The lowest BCUT2D eigenvalue weighted by Gasteiger charge is -2.32. The van der Waals surface area contributed by atoms with Crippen LogP contribution in [0.3, 0.4) is 0 Å². The third kappa shape index (κ3) is 3.36. The maximum absolute atomic E-state index is 10.9. The zero-order valence-electron chi connectivity index (χ0n) is 8.80. The average molecular weight is 198 g/mol. The summed E-state index contributed by atoms with van der Waals surface area (Å²) in [5, 5.41) is 5.77. The van der Waals surface area contributed by atoms with Gasteiger partial charge < -0.3 is 10.6 Å². The van der Waals surface area contributed by atoms with E-state index in [4.69, 9.17) is 0 Å². The topological polar surface area (TPSA) is 58.2 Å². The van der Waals surface area contributed by atoms with Crippen LogP contribution in [0, 0.1) is 0 Å². The standard InChI is InChI=1S/C10H18N2O2/c1-7(13)11-9-5-3-4-6-10(9)12-8(2)14/h9-10H,3-6H2,1-2H3,(H,11,13)(H,12,14)/t9-,10-/m0/s1. The van der Waals surface area contributed by atoms with Gasteiger partial charge in [-0.3, -0.25) is 9.59 Å². The first-order chi connectivity index (χ1) is 6.59. The predicted octanol–water partition coefficient (Wildman–Crippen LogP) is 0.570. The SMILES string of the molecule is CC(=O)N[C@H]1CCCC[C@@H]1NC(C)=O. The van der Waals surface area contributed by atoms with E-state index in [1.807, 2.05) is 0 Å². The van der Waals surface area contributed by atoms with Gasteiger partial charge in [-0.2, -0.15) is 0 Å². The molecule has 2 amide bonds. The van der Waals surface area contributed by atoms with Crippen molar-refractivity contribution in [2.75, 3.05) is 0 Å². The van der Waals surface area contributed by atoms with Gasteiger partial charge in [-0.25, -0.2) is 0 Å². The smallest absolute Gasteiger partial charge is 0.217 e. The summed E-state index contributed by atoms with van der Waals surface area (Å²) >= 11 is 0. The maximum atomic E-state index is 10.9. The Morgan fingerprint density at radius 3 is 1.57 bits per heavy atom. The van der Waals surface area contributed by atoms with Crippen LogP contribution in [0.5, 0.6) is 0 Å². The summed E-state index contributed by atoms with van der Waals surface area (Å²) in [4.78, 5) is 21.8. The molecule has 2 N–H and O–H groups in total. The fraction of sp³-hybridized carbons (Fsp3) is 0.800. The molecule has 0 unspecified atom stereocenters. The Kier molecular flexibility index (Phi) is 3.92. The van der Waals surface area contributed by atoms with Crippen molar-refractivity contribution in [2.45, 2.75) is 51.6 Å². The normalized spacial score (nSPS) is 26.7. The number of amides is 2. The summed E-state index contributed by atoms with van der Waals surface area (Å²) in [5.41, 5.74) is 0. The van der Waals surface area contributed by atoms with E-state index >= 15 is 0 Å². The lowest BCUT2D eigenvalue weighted by atomic mass is 9.90. The molecular weight excluding hydrogens is 180 g/mol. The van der Waals surface area contributed by atoms with Crippen LogP contribution >= 0.6 is 0 Å². The number of hydrogen-bond donors (Lipinski definition) is 2. The Hall–Kier alpha value is -1.06. The molecule has 0 bridgehead atoms. The molecule has 4 nitrogen and oxygen atoms in total. The predicted molar refractivity (Wildman–Crippen MR) is 53.7 cm³/mol. The second-order valence-corrected chi connectivity index (χ2v) is 3.90. The van der Waals surface area contributed by atoms with E-state index in [1.165, 1.54) is 13.8 Å². The Labute approximate surface area is 84.4 Å². The van der Waals surface area contributed by atoms with E-state index in [1.54, 1.807) is 0 Å². The van der Waals surface area contributed by atoms with E-state index in [0.29, 0.717) is 0 Å². The van der Waals surface area contributed by atoms with E-state index < -0.39 is 0 Å². The summed E-state index contributed by atoms with van der Waals surface area (Å²) in [6, 6.07) is 0.232. The first-order valence-corrected chi connectivity index (χ1v) is 5.14. The molecule has 0 spiro atoms. The highest BCUT2D eigenvalue weighted by Gasteiger charge is 2.25. The number of rotatable bonds is 2. The van der Waals surface area contributed by atoms with Gasteiger partial charge in [0.2, 0.25) is 11.8 Å². The first kappa shape index (κ1) is 11.0. The summed E-state index contributed by atoms with van der Waals surface area (Å²) in [6.07, 6.45) is 4.18. The van der Waals surface area contributed by atoms with Gasteiger partial charge in [0.1, 0.15) is 0 Å². The molecule has 0 aromatic heterocycles. The molecule has 0 aliphatic heterocycles. The molecule has 0 aromatic rings. The zero-order chi connectivity index (χ0) is 10.6. The van der Waals surface area contributed by atoms with Crippen LogP contribution < -0.4 is 10.6 Å². The number of hydrogen-bond acceptors (Lipinski definition) is 2. The lowest BCUT2D eigenvalue weighted by molar-refractivity contribution is -0.122. The van der Waals surface area contributed by atoms with Crippen molar-refractivity contribution in [3.63, 3.8) is 0 Å². The average Bonchev–Trinajstić information content (AvgIpc) is 2.06. The van der Waals surface area contributed by atoms with Crippen LogP contribution in [0.2, 0.25) is 0 Å². The second-order valence-electron chi connectivity index (χ2n) is 3.90. The van der Waals surface area contributed by atoms with Gasteiger partial charge in [0.25, 0.3) is 0 Å². The van der Waals surface area contributed by atoms with E-state index in [0.717, 1.165) is 25.7 Å². The monoisotopic (exact) mass is 198 g/mol. The van der Waals surface area contributed by atoms with Crippen molar-refractivity contribution >= 4 is 11.8 Å². The van der Waals surface area contributed by atoms with Crippen LogP contribution in [0.15, 0.2) is 0 Å². The summed E-state index contributed by atoms with van der Waals surface area (Å²) in [6.45, 7) is 3.03. The minimum atomic E-state index is -0.0211. The molecule has 0 heterocycles. The number of nitrogens with one attached hydrogen (secondary N) is 2. The summed E-state index contributed by atoms with van der Waals surface area (Å²) in [7, 11) is 0. The quantitative estimate of drug-likeness (QED) is 0.681. The highest BCUT2D eigenvalue weighted by molar-refractivity contribution is 5.75. The Morgan fingerprint density at radius 1 is 0.929 bits per heavy atom. The Balaban J connectivity index is 2.49. The Morgan fingerprint density at radius 2 is 1.29 bits per heavy atom. The Bertz CT molecular complexity index is 204. The molecule has 1 aliphatic rings. The number of carbonyl (C=O) groups excluding carboxylic acids is 2. The highest BCUT2D eigenvalue weighted by Crippen LogP contribution is 2.18. The van der Waals surface area contributed by atoms with Crippen LogP contribution in [-0.4, -0.2) is 23.9 Å². The largest absolute Gasteiger partial charge is 0.352 e. The molecule has 1 fully saturated rings. The molecule has 4 heteroatoms. The molecule has 14 heavy (non-hydrogen) atoms. The fourth-order valence-electron chi connectivity index (χ4n) is 2.00. The minimum absolute atomic E-state index is 0.0211. The van der Waals surface area contributed by atoms with Gasteiger partial charge in [-0.05, 0) is 12.8 Å². The minimum Gasteiger partial charge on any atom is -0.352 e. The van der Waals surface area contributed by atoms with Crippen LogP contribution in [0.4, 0.5) is 0 Å². The van der Waals surface area contributed by atoms with Crippen molar-refractivity contribution in [3.05, 3.63) is 0 Å². The van der Waals surface area contributed by atoms with Crippen LogP contribution in [-0.2, 0) is 9.59 Å². The molecule has 0 saturated heterocycles. The summed E-state index contributed by atoms with van der Waals surface area (Å²) < 4.78 is 0. The van der Waals surface area contributed by atoms with E-state index in [9.17, 15) is 9.59 Å². The molecule has 1 saturated carbocycles. The molecule has 0 aromatic carbocycles. The third-order valence-corrected chi connectivity index (χ3v) is 2.54. The molecule has 2 atom stereocenters. The molecule has 0 radical (unpaired) electrons. The lowest BCUT2D eigenvalue weighted by Crippen LogP contribution is -2.52. The first-order valence-electron chi connectivity index (χ1n) is 5.14. The van der Waals surface area contributed by atoms with Crippen molar-refractivity contribution in [1.82, 2.24) is 10.6 Å². The van der Waals surface area contributed by atoms with Gasteiger partial charge in [0.15, 0.2) is 0 Å².